The van der Waals surface area contributed by atoms with Crippen LogP contribution in [-0.2, 0) is 22.7 Å². The Balaban J connectivity index is 1.20. The zero-order valence-corrected chi connectivity index (χ0v) is 19.4. The molecule has 32 heavy (non-hydrogen) atoms. The highest BCUT2D eigenvalue weighted by molar-refractivity contribution is 6.07. The van der Waals surface area contributed by atoms with Crippen LogP contribution in [-0.4, -0.2) is 52.8 Å². The molecule has 0 radical (unpaired) electrons. The quantitative estimate of drug-likeness (QED) is 0.639. The second-order valence-electron chi connectivity index (χ2n) is 10.2. The van der Waals surface area contributed by atoms with Gasteiger partial charge in [-0.3, -0.25) is 19.4 Å². The van der Waals surface area contributed by atoms with Crippen LogP contribution in [0.15, 0.2) is 24.3 Å². The summed E-state index contributed by atoms with van der Waals surface area (Å²) in [6, 6.07) is 8.04. The number of rotatable bonds is 7. The lowest BCUT2D eigenvalue weighted by Gasteiger charge is -2.35. The molecule has 4 rings (SSSR count). The number of carbonyl (C=O) groups is 3. The van der Waals surface area contributed by atoms with Gasteiger partial charge < -0.3 is 10.6 Å². The van der Waals surface area contributed by atoms with Crippen molar-refractivity contribution in [3.63, 3.8) is 0 Å². The molecule has 1 aromatic carbocycles. The molecule has 7 nitrogen and oxygen atoms in total. The third kappa shape index (κ3) is 5.14. The van der Waals surface area contributed by atoms with Crippen LogP contribution in [0.2, 0.25) is 0 Å². The first-order chi connectivity index (χ1) is 15.3. The van der Waals surface area contributed by atoms with Crippen molar-refractivity contribution in [3.05, 3.63) is 35.4 Å². The standard InChI is InChI=1S/C25H36N4O3/c1-18-13-19(2)16-28(15-18)17-21-7-5-20(6-8-21)14-26-22(30)9-12-29-23(31)25(27-24(29)32)10-3-4-11-25/h5-8,18-19H,3-4,9-17H2,1-2H3,(H,26,30)(H,27,32). The van der Waals surface area contributed by atoms with E-state index in [1.165, 1.54) is 16.9 Å². The third-order valence-electron chi connectivity index (χ3n) is 7.13. The fraction of sp³-hybridized carbons (Fsp3) is 0.640. The fourth-order valence-electron chi connectivity index (χ4n) is 5.64. The Bertz CT molecular complexity index is 837. The van der Waals surface area contributed by atoms with Gasteiger partial charge in [-0.15, -0.1) is 0 Å². The number of piperidine rings is 1. The minimum Gasteiger partial charge on any atom is -0.352 e. The van der Waals surface area contributed by atoms with Gasteiger partial charge in [-0.25, -0.2) is 4.79 Å². The van der Waals surface area contributed by atoms with E-state index in [-0.39, 0.29) is 30.8 Å². The lowest BCUT2D eigenvalue weighted by atomic mass is 9.91. The molecule has 4 amide bonds. The van der Waals surface area contributed by atoms with Gasteiger partial charge in [0, 0.05) is 39.1 Å². The van der Waals surface area contributed by atoms with Crippen molar-refractivity contribution >= 4 is 17.8 Å². The molecule has 174 valence electrons. The summed E-state index contributed by atoms with van der Waals surface area (Å²) in [7, 11) is 0. The van der Waals surface area contributed by atoms with Gasteiger partial charge in [-0.1, -0.05) is 51.0 Å². The second-order valence-corrected chi connectivity index (χ2v) is 10.2. The number of amides is 4. The van der Waals surface area contributed by atoms with Gasteiger partial charge in [0.2, 0.25) is 5.91 Å². The van der Waals surface area contributed by atoms with Crippen LogP contribution in [0.1, 0.15) is 63.5 Å². The smallest absolute Gasteiger partial charge is 0.325 e. The molecular formula is C25H36N4O3. The number of hydrogen-bond donors (Lipinski definition) is 2. The Morgan fingerprint density at radius 3 is 2.34 bits per heavy atom. The van der Waals surface area contributed by atoms with Crippen LogP contribution in [0, 0.1) is 11.8 Å². The topological polar surface area (TPSA) is 81.8 Å². The molecule has 2 N–H and O–H groups in total. The summed E-state index contributed by atoms with van der Waals surface area (Å²) in [4.78, 5) is 40.9. The molecule has 3 aliphatic rings. The van der Waals surface area contributed by atoms with Crippen LogP contribution >= 0.6 is 0 Å². The van der Waals surface area contributed by atoms with Gasteiger partial charge in [0.25, 0.3) is 5.91 Å². The monoisotopic (exact) mass is 440 g/mol. The predicted molar refractivity (Wildman–Crippen MR) is 123 cm³/mol. The van der Waals surface area contributed by atoms with Crippen LogP contribution in [0.4, 0.5) is 4.79 Å². The van der Waals surface area contributed by atoms with Crippen molar-refractivity contribution < 1.29 is 14.4 Å². The number of nitrogens with zero attached hydrogens (tertiary/aromatic N) is 2. The highest BCUT2D eigenvalue weighted by Gasteiger charge is 2.52. The molecule has 2 saturated heterocycles. The van der Waals surface area contributed by atoms with E-state index in [2.05, 4.69) is 53.6 Å². The predicted octanol–water partition coefficient (Wildman–Crippen LogP) is 3.04. The van der Waals surface area contributed by atoms with E-state index in [0.29, 0.717) is 19.4 Å². The number of urea groups is 1. The Morgan fingerprint density at radius 1 is 1.06 bits per heavy atom. The Morgan fingerprint density at radius 2 is 1.69 bits per heavy atom. The number of likely N-dealkylation sites (tertiary alicyclic amines) is 1. The van der Waals surface area contributed by atoms with Crippen molar-refractivity contribution in [2.75, 3.05) is 19.6 Å². The van der Waals surface area contributed by atoms with Gasteiger partial charge in [-0.05, 0) is 42.2 Å². The summed E-state index contributed by atoms with van der Waals surface area (Å²) in [5.74, 6) is 1.18. The van der Waals surface area contributed by atoms with Crippen molar-refractivity contribution in [1.82, 2.24) is 20.4 Å². The molecule has 1 spiro atoms. The van der Waals surface area contributed by atoms with E-state index in [1.54, 1.807) is 0 Å². The zero-order valence-electron chi connectivity index (χ0n) is 19.4. The Kier molecular flexibility index (Phi) is 6.84. The molecule has 2 unspecified atom stereocenters. The lowest BCUT2D eigenvalue weighted by molar-refractivity contribution is -0.131. The Labute approximate surface area is 190 Å². The zero-order chi connectivity index (χ0) is 22.7. The highest BCUT2D eigenvalue weighted by Crippen LogP contribution is 2.35. The van der Waals surface area contributed by atoms with Crippen molar-refractivity contribution in [2.45, 2.75) is 71.0 Å². The highest BCUT2D eigenvalue weighted by atomic mass is 16.2. The van der Waals surface area contributed by atoms with E-state index in [1.807, 2.05) is 0 Å². The van der Waals surface area contributed by atoms with E-state index in [0.717, 1.165) is 49.9 Å². The lowest BCUT2D eigenvalue weighted by Crippen LogP contribution is -2.44. The minimum absolute atomic E-state index is 0.124. The molecular weight excluding hydrogens is 404 g/mol. The largest absolute Gasteiger partial charge is 0.352 e. The number of imide groups is 1. The summed E-state index contributed by atoms with van der Waals surface area (Å²) in [5, 5.41) is 5.76. The van der Waals surface area contributed by atoms with E-state index >= 15 is 0 Å². The van der Waals surface area contributed by atoms with Crippen LogP contribution < -0.4 is 10.6 Å². The normalized spacial score (nSPS) is 25.4. The first-order valence-corrected chi connectivity index (χ1v) is 12.1. The molecule has 1 aromatic rings. The van der Waals surface area contributed by atoms with E-state index in [9.17, 15) is 14.4 Å². The average Bonchev–Trinajstić information content (AvgIpc) is 3.30. The molecule has 0 aromatic heterocycles. The van der Waals surface area contributed by atoms with Gasteiger partial charge in [0.05, 0.1) is 0 Å². The van der Waals surface area contributed by atoms with Gasteiger partial charge >= 0.3 is 6.03 Å². The fourth-order valence-corrected chi connectivity index (χ4v) is 5.64. The average molecular weight is 441 g/mol. The number of benzene rings is 1. The van der Waals surface area contributed by atoms with Crippen molar-refractivity contribution in [1.29, 1.82) is 0 Å². The first kappa shape index (κ1) is 22.8. The van der Waals surface area contributed by atoms with Gasteiger partial charge in [-0.2, -0.15) is 0 Å². The van der Waals surface area contributed by atoms with Crippen molar-refractivity contribution in [3.8, 4) is 0 Å². The molecule has 2 atom stereocenters. The number of nitrogens with one attached hydrogen (secondary N) is 2. The summed E-state index contributed by atoms with van der Waals surface area (Å²) in [5.41, 5.74) is 1.63. The van der Waals surface area contributed by atoms with Crippen molar-refractivity contribution in [2.24, 2.45) is 11.8 Å². The van der Waals surface area contributed by atoms with E-state index in [4.69, 9.17) is 0 Å². The molecule has 2 aliphatic heterocycles. The first-order valence-electron chi connectivity index (χ1n) is 12.1. The molecule has 1 saturated carbocycles. The summed E-state index contributed by atoms with van der Waals surface area (Å²) >= 11 is 0. The van der Waals surface area contributed by atoms with E-state index < -0.39 is 5.54 Å². The van der Waals surface area contributed by atoms with Crippen LogP contribution in [0.5, 0.6) is 0 Å². The number of carbonyl (C=O) groups excluding carboxylic acids is 3. The maximum Gasteiger partial charge on any atom is 0.325 e. The second kappa shape index (κ2) is 9.61. The SMILES string of the molecule is CC1CC(C)CN(Cc2ccc(CNC(=O)CCN3C(=O)NC4(CCCC4)C3=O)cc2)C1. The van der Waals surface area contributed by atoms with Gasteiger partial charge in [0.15, 0.2) is 0 Å². The molecule has 1 aliphatic carbocycles. The molecule has 2 heterocycles. The molecule has 7 heteroatoms. The summed E-state index contributed by atoms with van der Waals surface area (Å²) in [6.07, 6.45) is 4.74. The maximum atomic E-state index is 12.6. The summed E-state index contributed by atoms with van der Waals surface area (Å²) in [6.45, 7) is 8.50. The third-order valence-corrected chi connectivity index (χ3v) is 7.13. The maximum absolute atomic E-state index is 12.6. The van der Waals surface area contributed by atoms with Gasteiger partial charge in [0.1, 0.15) is 5.54 Å². The summed E-state index contributed by atoms with van der Waals surface area (Å²) < 4.78 is 0. The number of hydrogen-bond acceptors (Lipinski definition) is 4. The molecule has 3 fully saturated rings. The Hall–Kier alpha value is -2.41. The molecule has 0 bridgehead atoms. The minimum atomic E-state index is -0.709. The van der Waals surface area contributed by atoms with Crippen LogP contribution in [0.25, 0.3) is 0 Å². The van der Waals surface area contributed by atoms with Crippen LogP contribution in [0.3, 0.4) is 0 Å².